The lowest BCUT2D eigenvalue weighted by Gasteiger charge is -2.20. The molecule has 0 spiro atoms. The van der Waals surface area contributed by atoms with Crippen LogP contribution in [-0.4, -0.2) is 47.1 Å². The first-order chi connectivity index (χ1) is 13.0. The molecule has 1 heterocycles. The molecule has 0 amide bonds. The summed E-state index contributed by atoms with van der Waals surface area (Å²) < 4.78 is 7.34. The van der Waals surface area contributed by atoms with Gasteiger partial charge in [0.2, 0.25) is 0 Å². The van der Waals surface area contributed by atoms with Gasteiger partial charge in [0.1, 0.15) is 11.4 Å². The number of aromatic nitrogens is 2. The van der Waals surface area contributed by atoms with Crippen LogP contribution in [0.1, 0.15) is 31.9 Å². The Kier molecular flexibility index (Phi) is 7.67. The van der Waals surface area contributed by atoms with Crippen LogP contribution in [0.2, 0.25) is 0 Å². The van der Waals surface area contributed by atoms with E-state index in [-0.39, 0.29) is 6.54 Å². The lowest BCUT2D eigenvalue weighted by Crippen LogP contribution is -2.39. The van der Waals surface area contributed by atoms with Crippen molar-refractivity contribution in [1.82, 2.24) is 20.4 Å². The van der Waals surface area contributed by atoms with Crippen LogP contribution in [0.5, 0.6) is 5.75 Å². The highest BCUT2D eigenvalue weighted by Gasteiger charge is 2.24. The number of para-hydroxylation sites is 1. The van der Waals surface area contributed by atoms with E-state index in [9.17, 15) is 5.11 Å². The molecule has 27 heavy (non-hydrogen) atoms. The third-order valence-electron chi connectivity index (χ3n) is 4.18. The van der Waals surface area contributed by atoms with Crippen LogP contribution < -0.4 is 15.4 Å². The van der Waals surface area contributed by atoms with Crippen LogP contribution in [0, 0.1) is 0 Å². The molecule has 0 aliphatic heterocycles. The molecule has 0 fully saturated rings. The quantitative estimate of drug-likeness (QED) is 0.461. The number of hydrogen-bond acceptors (Lipinski definition) is 4. The van der Waals surface area contributed by atoms with E-state index in [2.05, 4.69) is 26.8 Å². The van der Waals surface area contributed by atoms with Crippen LogP contribution in [0.15, 0.2) is 41.7 Å². The van der Waals surface area contributed by atoms with E-state index in [1.807, 2.05) is 39.1 Å². The summed E-state index contributed by atoms with van der Waals surface area (Å²) in [5.74, 6) is 1.60. The van der Waals surface area contributed by atoms with Crippen LogP contribution in [0.4, 0.5) is 0 Å². The molecule has 1 aromatic carbocycles. The second-order valence-electron chi connectivity index (χ2n) is 6.59. The van der Waals surface area contributed by atoms with Gasteiger partial charge in [-0.05, 0) is 38.8 Å². The molecule has 3 N–H and O–H groups in total. The molecule has 1 atom stereocenters. The SMILES string of the molecule is CCNC(=NCC(C)(O)c1cnn(C)c1)NCCc1ccccc1OCC. The number of nitrogens with one attached hydrogen (secondary N) is 2. The van der Waals surface area contributed by atoms with Crippen LogP contribution in [-0.2, 0) is 19.1 Å². The Morgan fingerprint density at radius 1 is 1.30 bits per heavy atom. The van der Waals surface area contributed by atoms with Crippen molar-refractivity contribution in [2.45, 2.75) is 32.8 Å². The average molecular weight is 374 g/mol. The molecule has 1 unspecified atom stereocenters. The minimum Gasteiger partial charge on any atom is -0.494 e. The minimum absolute atomic E-state index is 0.240. The molecule has 7 heteroatoms. The van der Waals surface area contributed by atoms with Crippen molar-refractivity contribution >= 4 is 5.96 Å². The number of guanidine groups is 1. The van der Waals surface area contributed by atoms with Gasteiger partial charge in [-0.2, -0.15) is 5.10 Å². The second kappa shape index (κ2) is 9.97. The van der Waals surface area contributed by atoms with E-state index in [1.54, 1.807) is 24.0 Å². The molecule has 1 aromatic heterocycles. The van der Waals surface area contributed by atoms with Gasteiger partial charge in [0, 0.05) is 31.9 Å². The zero-order valence-corrected chi connectivity index (χ0v) is 16.7. The molecule has 148 valence electrons. The molecule has 7 nitrogen and oxygen atoms in total. The van der Waals surface area contributed by atoms with E-state index in [0.717, 1.165) is 29.8 Å². The van der Waals surface area contributed by atoms with Gasteiger partial charge in [-0.25, -0.2) is 4.99 Å². The van der Waals surface area contributed by atoms with Gasteiger partial charge in [0.05, 0.1) is 19.3 Å². The largest absolute Gasteiger partial charge is 0.494 e. The van der Waals surface area contributed by atoms with Crippen LogP contribution in [0.3, 0.4) is 0 Å². The summed E-state index contributed by atoms with van der Waals surface area (Å²) in [7, 11) is 1.83. The van der Waals surface area contributed by atoms with E-state index in [0.29, 0.717) is 19.1 Å². The summed E-state index contributed by atoms with van der Waals surface area (Å²) in [5, 5.41) is 21.3. The number of hydrogen-bond donors (Lipinski definition) is 3. The normalized spacial score (nSPS) is 13.9. The Hall–Kier alpha value is -2.54. The summed E-state index contributed by atoms with van der Waals surface area (Å²) in [5.41, 5.74) is 0.832. The van der Waals surface area contributed by atoms with Gasteiger partial charge in [-0.15, -0.1) is 0 Å². The van der Waals surface area contributed by atoms with Gasteiger partial charge in [0.25, 0.3) is 0 Å². The maximum absolute atomic E-state index is 10.7. The predicted molar refractivity (Wildman–Crippen MR) is 108 cm³/mol. The van der Waals surface area contributed by atoms with Gasteiger partial charge in [-0.1, -0.05) is 18.2 Å². The van der Waals surface area contributed by atoms with E-state index >= 15 is 0 Å². The highest BCUT2D eigenvalue weighted by molar-refractivity contribution is 5.79. The number of rotatable bonds is 9. The average Bonchev–Trinajstić information content (AvgIpc) is 3.09. The Bertz CT molecular complexity index is 739. The first-order valence-electron chi connectivity index (χ1n) is 9.40. The molecule has 0 aliphatic carbocycles. The van der Waals surface area contributed by atoms with Gasteiger partial charge < -0.3 is 20.5 Å². The van der Waals surface area contributed by atoms with Crippen molar-refractivity contribution in [2.75, 3.05) is 26.2 Å². The third kappa shape index (κ3) is 6.29. The summed E-state index contributed by atoms with van der Waals surface area (Å²) in [6.07, 6.45) is 4.29. The maximum atomic E-state index is 10.7. The van der Waals surface area contributed by atoms with Crippen molar-refractivity contribution in [2.24, 2.45) is 12.0 Å². The zero-order chi connectivity index (χ0) is 19.7. The van der Waals surface area contributed by atoms with Crippen molar-refractivity contribution < 1.29 is 9.84 Å². The minimum atomic E-state index is -1.07. The number of aliphatic imine (C=N–C) groups is 1. The topological polar surface area (TPSA) is 83.7 Å². The fourth-order valence-electron chi connectivity index (χ4n) is 2.69. The Morgan fingerprint density at radius 3 is 2.74 bits per heavy atom. The van der Waals surface area contributed by atoms with Gasteiger partial charge in [-0.3, -0.25) is 4.68 Å². The Labute approximate surface area is 161 Å². The van der Waals surface area contributed by atoms with E-state index < -0.39 is 5.60 Å². The summed E-state index contributed by atoms with van der Waals surface area (Å²) in [6, 6.07) is 8.06. The number of benzene rings is 1. The molecular formula is C20H31N5O2. The highest BCUT2D eigenvalue weighted by atomic mass is 16.5. The number of aliphatic hydroxyl groups is 1. The van der Waals surface area contributed by atoms with Crippen molar-refractivity contribution in [1.29, 1.82) is 0 Å². The molecule has 0 saturated carbocycles. The second-order valence-corrected chi connectivity index (χ2v) is 6.59. The van der Waals surface area contributed by atoms with Crippen LogP contribution in [0.25, 0.3) is 0 Å². The maximum Gasteiger partial charge on any atom is 0.191 e. The standard InChI is InChI=1S/C20H31N5O2/c1-5-21-19(23-15-20(3,26)17-13-24-25(4)14-17)22-12-11-16-9-7-8-10-18(16)27-6-2/h7-10,13-14,26H,5-6,11-12,15H2,1-4H3,(H2,21,22,23). The molecule has 2 rings (SSSR count). The highest BCUT2D eigenvalue weighted by Crippen LogP contribution is 2.20. The fourth-order valence-corrected chi connectivity index (χ4v) is 2.69. The first-order valence-corrected chi connectivity index (χ1v) is 9.40. The van der Waals surface area contributed by atoms with Gasteiger partial charge >= 0.3 is 0 Å². The number of aryl methyl sites for hydroxylation is 1. The number of ether oxygens (including phenoxy) is 1. The monoisotopic (exact) mass is 373 g/mol. The molecule has 0 radical (unpaired) electrons. The predicted octanol–water partition coefficient (Wildman–Crippen LogP) is 1.82. The Morgan fingerprint density at radius 2 is 2.07 bits per heavy atom. The van der Waals surface area contributed by atoms with Gasteiger partial charge in [0.15, 0.2) is 5.96 Å². The smallest absolute Gasteiger partial charge is 0.191 e. The Balaban J connectivity index is 1.96. The first kappa shape index (κ1) is 20.8. The molecule has 0 saturated heterocycles. The van der Waals surface area contributed by atoms with Crippen molar-refractivity contribution in [3.63, 3.8) is 0 Å². The lowest BCUT2D eigenvalue weighted by molar-refractivity contribution is 0.0672. The summed E-state index contributed by atoms with van der Waals surface area (Å²) in [4.78, 5) is 4.54. The van der Waals surface area contributed by atoms with Crippen molar-refractivity contribution in [3.8, 4) is 5.75 Å². The molecular weight excluding hydrogens is 342 g/mol. The zero-order valence-electron chi connectivity index (χ0n) is 16.7. The number of nitrogens with zero attached hydrogens (tertiary/aromatic N) is 3. The molecule has 0 bridgehead atoms. The van der Waals surface area contributed by atoms with Crippen molar-refractivity contribution in [3.05, 3.63) is 47.8 Å². The van der Waals surface area contributed by atoms with E-state index in [1.165, 1.54) is 0 Å². The van der Waals surface area contributed by atoms with Crippen LogP contribution >= 0.6 is 0 Å². The summed E-state index contributed by atoms with van der Waals surface area (Å²) in [6.45, 7) is 8.10. The van der Waals surface area contributed by atoms with E-state index in [4.69, 9.17) is 4.74 Å². The lowest BCUT2D eigenvalue weighted by atomic mass is 10.0. The third-order valence-corrected chi connectivity index (χ3v) is 4.18. The summed E-state index contributed by atoms with van der Waals surface area (Å²) >= 11 is 0. The molecule has 2 aromatic rings. The fraction of sp³-hybridized carbons (Fsp3) is 0.500. The molecule has 0 aliphatic rings.